The van der Waals surface area contributed by atoms with Gasteiger partial charge in [0.1, 0.15) is 0 Å². The van der Waals surface area contributed by atoms with Gasteiger partial charge < -0.3 is 5.11 Å². The third-order valence-electron chi connectivity index (χ3n) is 9.86. The maximum Gasteiger partial charge on any atom is 0 e. The Hall–Kier alpha value is -2.47. The van der Waals surface area contributed by atoms with Crippen LogP contribution < -0.4 is 9.13 Å². The van der Waals surface area contributed by atoms with Gasteiger partial charge in [-0.3, -0.25) is 4.79 Å². The Kier molecular flexibility index (Phi) is 13.9. The summed E-state index contributed by atoms with van der Waals surface area (Å²) in [5.74, 6) is 10.3. The number of aromatic nitrogens is 1. The van der Waals surface area contributed by atoms with E-state index in [1.165, 1.54) is 37.8 Å². The number of fused-ring (bicyclic) bond motifs is 3. The fourth-order valence-electron chi connectivity index (χ4n) is 6.95. The van der Waals surface area contributed by atoms with Crippen molar-refractivity contribution in [2.75, 3.05) is 0 Å². The molecule has 0 saturated heterocycles. The molecule has 0 fully saturated rings. The number of carbonyl (C=O) groups is 1. The molecule has 5 rings (SSSR count). The smallest absolute Gasteiger partial charge is 0 e. The first-order chi connectivity index (χ1) is 21.9. The van der Waals surface area contributed by atoms with Crippen molar-refractivity contribution in [2.24, 2.45) is 11.8 Å². The zero-order chi connectivity index (χ0) is 33.8. The Bertz CT molecular complexity index is 1730. The van der Waals surface area contributed by atoms with E-state index in [9.17, 15) is 9.90 Å². The minimum atomic E-state index is -2.08. The summed E-state index contributed by atoms with van der Waals surface area (Å²) in [7, 11) is 0. The van der Waals surface area contributed by atoms with Gasteiger partial charge in [-0.15, -0.1) is 0 Å². The molecular formula is C41H54GeIrNO3-. The first-order valence-electron chi connectivity index (χ1n) is 17.5. The number of carbonyl (C=O) groups excluding carboxylic acids is 1. The molecule has 1 aliphatic rings. The molecule has 0 amide bonds. The zero-order valence-electron chi connectivity index (χ0n) is 30.1. The molecule has 0 unspecified atom stereocenters. The van der Waals surface area contributed by atoms with Crippen LogP contribution in [-0.2, 0) is 24.9 Å². The van der Waals surface area contributed by atoms with Gasteiger partial charge in [0.25, 0.3) is 0 Å². The van der Waals surface area contributed by atoms with Gasteiger partial charge >= 0.3 is 188 Å². The minimum Gasteiger partial charge on any atom is 0 e. The Morgan fingerprint density at radius 2 is 1.51 bits per heavy atom. The van der Waals surface area contributed by atoms with Gasteiger partial charge in [0.2, 0.25) is 0 Å². The molecule has 4 aromatic rings. The summed E-state index contributed by atoms with van der Waals surface area (Å²) in [4.78, 5) is 16.6. The SMILES string of the molecule is CCC(CC)C(=O)/C=C(\O)C(CC)CC.CCC(CC)c1c2c([c-]c3ccccc13)-c1nccc3[c]([Ge]([CH3])([CH3])[CH3])cc(C)c(c13)O2.[Ir]. The average molecular weight is 874 g/mol. The van der Waals surface area contributed by atoms with E-state index < -0.39 is 13.3 Å². The summed E-state index contributed by atoms with van der Waals surface area (Å²) in [6, 6.07) is 16.9. The normalized spacial score (nSPS) is 12.6. The van der Waals surface area contributed by atoms with Crippen LogP contribution in [0.1, 0.15) is 97.1 Å². The first kappa shape index (κ1) is 39.0. The Balaban J connectivity index is 0.000000322. The third-order valence-corrected chi connectivity index (χ3v) is 14.1. The van der Waals surface area contributed by atoms with Gasteiger partial charge in [-0.1, -0.05) is 27.7 Å². The molecule has 6 heteroatoms. The number of nitrogens with zero attached hydrogens (tertiary/aromatic N) is 1. The second-order valence-corrected chi connectivity index (χ2v) is 24.4. The zero-order valence-corrected chi connectivity index (χ0v) is 34.6. The summed E-state index contributed by atoms with van der Waals surface area (Å²) in [6.45, 7) is 14.8. The number of ketones is 1. The number of aliphatic hydroxyl groups excluding tert-OH is 1. The molecule has 2 heterocycles. The number of allylic oxidation sites excluding steroid dienone is 2. The number of benzene rings is 3. The van der Waals surface area contributed by atoms with E-state index in [4.69, 9.17) is 9.72 Å². The van der Waals surface area contributed by atoms with Crippen LogP contribution in [0.4, 0.5) is 0 Å². The molecule has 255 valence electrons. The standard InChI is InChI=1S/C28H30GeNO.C13H24O2.Ir/c1-7-18(8-2)24-20-12-10-9-11-19(20)16-22-26-25-21(13-14-30-26)23(29(4,5)6)15-17(3)27(25)31-28(22)24;1-5-10(6-2)12(14)9-13(15)11(7-3)8-4;/h9-15,18H,7-8H2,1-6H3;9-11,14H,5-8H2,1-4H3;/q-1;;/b;12-9-;. The summed E-state index contributed by atoms with van der Waals surface area (Å²) in [5.41, 5.74) is 4.59. The van der Waals surface area contributed by atoms with Gasteiger partial charge in [-0.05, 0) is 25.7 Å². The average Bonchev–Trinajstić information content (AvgIpc) is 3.04. The molecule has 0 bridgehead atoms. The molecule has 0 spiro atoms. The van der Waals surface area contributed by atoms with Crippen LogP contribution in [0.5, 0.6) is 11.5 Å². The van der Waals surface area contributed by atoms with Crippen molar-refractivity contribution in [2.45, 2.75) is 110 Å². The summed E-state index contributed by atoms with van der Waals surface area (Å²) in [5, 5.41) is 14.7. The largest absolute Gasteiger partial charge is 0 e. The maximum atomic E-state index is 11.7. The van der Waals surface area contributed by atoms with Crippen LogP contribution in [0.15, 0.2) is 54.4 Å². The fraction of sp³-hybridized carbons (Fsp3) is 0.463. The molecule has 3 aromatic carbocycles. The Morgan fingerprint density at radius 3 is 2.09 bits per heavy atom. The molecule has 1 N–H and O–H groups in total. The Morgan fingerprint density at radius 1 is 0.894 bits per heavy atom. The van der Waals surface area contributed by atoms with Crippen molar-refractivity contribution in [1.29, 1.82) is 0 Å². The van der Waals surface area contributed by atoms with Crippen LogP contribution in [0.2, 0.25) is 17.3 Å². The molecular weight excluding hydrogens is 819 g/mol. The van der Waals surface area contributed by atoms with Crippen molar-refractivity contribution in [1.82, 2.24) is 4.98 Å². The number of ether oxygens (including phenoxy) is 1. The molecule has 4 nitrogen and oxygen atoms in total. The van der Waals surface area contributed by atoms with Crippen molar-refractivity contribution < 1.29 is 34.7 Å². The van der Waals surface area contributed by atoms with E-state index in [0.29, 0.717) is 5.92 Å². The van der Waals surface area contributed by atoms with Crippen molar-refractivity contribution in [3.05, 3.63) is 71.6 Å². The second-order valence-electron chi connectivity index (χ2n) is 13.8. The molecule has 47 heavy (non-hydrogen) atoms. The van der Waals surface area contributed by atoms with E-state index in [-0.39, 0.29) is 43.5 Å². The molecule has 1 radical (unpaired) electrons. The second kappa shape index (κ2) is 16.8. The number of hydrogen-bond acceptors (Lipinski definition) is 4. The van der Waals surface area contributed by atoms with Crippen LogP contribution in [-0.4, -0.2) is 29.1 Å². The quantitative estimate of drug-likeness (QED) is 0.0622. The van der Waals surface area contributed by atoms with Crippen LogP contribution in [0.3, 0.4) is 0 Å². The third kappa shape index (κ3) is 8.06. The molecule has 0 saturated carbocycles. The van der Waals surface area contributed by atoms with E-state index in [2.05, 4.69) is 80.5 Å². The summed E-state index contributed by atoms with van der Waals surface area (Å²) >= 11 is -2.08. The van der Waals surface area contributed by atoms with Crippen LogP contribution in [0.25, 0.3) is 32.8 Å². The predicted molar refractivity (Wildman–Crippen MR) is 198 cm³/mol. The van der Waals surface area contributed by atoms with E-state index in [1.54, 1.807) is 0 Å². The van der Waals surface area contributed by atoms with Gasteiger partial charge in [-0.25, -0.2) is 0 Å². The molecule has 0 aliphatic carbocycles. The topological polar surface area (TPSA) is 59.4 Å². The summed E-state index contributed by atoms with van der Waals surface area (Å²) in [6.07, 6.45) is 9.05. The number of pyridine rings is 1. The minimum absolute atomic E-state index is 0. The van der Waals surface area contributed by atoms with Crippen LogP contribution in [0, 0.1) is 24.8 Å². The number of aliphatic hydroxyl groups is 1. The van der Waals surface area contributed by atoms with Crippen LogP contribution >= 0.6 is 0 Å². The molecule has 1 aliphatic heterocycles. The van der Waals surface area contributed by atoms with Gasteiger partial charge in [-0.2, -0.15) is 0 Å². The van der Waals surface area contributed by atoms with Crippen molar-refractivity contribution in [3.8, 4) is 22.8 Å². The van der Waals surface area contributed by atoms with Gasteiger partial charge in [0.05, 0.1) is 5.76 Å². The van der Waals surface area contributed by atoms with Crippen molar-refractivity contribution >= 4 is 45.0 Å². The monoisotopic (exact) mass is 875 g/mol. The van der Waals surface area contributed by atoms with E-state index in [0.717, 1.165) is 66.7 Å². The van der Waals surface area contributed by atoms with Gasteiger partial charge in [0, 0.05) is 38.0 Å². The van der Waals surface area contributed by atoms with E-state index >= 15 is 0 Å². The van der Waals surface area contributed by atoms with Crippen molar-refractivity contribution in [3.63, 3.8) is 0 Å². The fourth-order valence-corrected chi connectivity index (χ4v) is 10.4. The number of aryl methyl sites for hydroxylation is 1. The maximum absolute atomic E-state index is 11.7. The predicted octanol–water partition coefficient (Wildman–Crippen LogP) is 11.6. The molecule has 0 atom stereocenters. The molecule has 1 aromatic heterocycles. The Labute approximate surface area is 299 Å². The van der Waals surface area contributed by atoms with E-state index in [1.807, 2.05) is 33.9 Å². The number of rotatable bonds is 11. The van der Waals surface area contributed by atoms with Gasteiger partial charge in [0.15, 0.2) is 5.78 Å². The number of hydrogen-bond donors (Lipinski definition) is 1. The summed E-state index contributed by atoms with van der Waals surface area (Å²) < 4.78 is 8.34. The first-order valence-corrected chi connectivity index (χ1v) is 24.8.